The molecule has 4 nitrogen and oxygen atoms in total. The molecule has 0 aliphatic carbocycles. The predicted molar refractivity (Wildman–Crippen MR) is 66.7 cm³/mol. The van der Waals surface area contributed by atoms with E-state index in [1.807, 2.05) is 0 Å². The Morgan fingerprint density at radius 3 is 2.56 bits per heavy atom. The number of aliphatic hydroxyl groups is 2. The zero-order valence-electron chi connectivity index (χ0n) is 10.5. The standard InChI is InChI=1S/C13H20FNO3/c1-18-7-6-12(9-16)15-8-13(17)10-2-4-11(14)5-3-10/h2-5,12-13,15-17H,6-9H2,1H3. The smallest absolute Gasteiger partial charge is 0.123 e. The van der Waals surface area contributed by atoms with E-state index < -0.39 is 6.10 Å². The molecule has 102 valence electrons. The highest BCUT2D eigenvalue weighted by Crippen LogP contribution is 2.12. The Morgan fingerprint density at radius 2 is 2.00 bits per heavy atom. The van der Waals surface area contributed by atoms with Crippen LogP contribution in [0.3, 0.4) is 0 Å². The number of halogens is 1. The van der Waals surface area contributed by atoms with E-state index in [4.69, 9.17) is 9.84 Å². The predicted octanol–water partition coefficient (Wildman–Crippen LogP) is 0.846. The Morgan fingerprint density at radius 1 is 1.33 bits per heavy atom. The van der Waals surface area contributed by atoms with Crippen molar-refractivity contribution in [2.75, 3.05) is 26.9 Å². The van der Waals surface area contributed by atoms with E-state index in [-0.39, 0.29) is 18.5 Å². The highest BCUT2D eigenvalue weighted by molar-refractivity contribution is 5.18. The van der Waals surface area contributed by atoms with Gasteiger partial charge < -0.3 is 20.3 Å². The first kappa shape index (κ1) is 15.0. The Hall–Kier alpha value is -1.01. The van der Waals surface area contributed by atoms with Crippen LogP contribution in [0.25, 0.3) is 0 Å². The van der Waals surface area contributed by atoms with Crippen LogP contribution < -0.4 is 5.32 Å². The van der Waals surface area contributed by atoms with E-state index >= 15 is 0 Å². The van der Waals surface area contributed by atoms with Crippen molar-refractivity contribution in [2.45, 2.75) is 18.6 Å². The zero-order valence-corrected chi connectivity index (χ0v) is 10.5. The van der Waals surface area contributed by atoms with Gasteiger partial charge in [0.05, 0.1) is 12.7 Å². The molecule has 0 aliphatic heterocycles. The number of nitrogens with one attached hydrogen (secondary N) is 1. The minimum absolute atomic E-state index is 0.0144. The highest BCUT2D eigenvalue weighted by Gasteiger charge is 2.11. The van der Waals surface area contributed by atoms with E-state index in [2.05, 4.69) is 5.32 Å². The summed E-state index contributed by atoms with van der Waals surface area (Å²) in [5.41, 5.74) is 0.646. The van der Waals surface area contributed by atoms with Crippen LogP contribution in [-0.4, -0.2) is 43.1 Å². The minimum atomic E-state index is -0.720. The van der Waals surface area contributed by atoms with Gasteiger partial charge in [0.15, 0.2) is 0 Å². The number of aliphatic hydroxyl groups excluding tert-OH is 2. The van der Waals surface area contributed by atoms with Gasteiger partial charge in [0.25, 0.3) is 0 Å². The van der Waals surface area contributed by atoms with Crippen LogP contribution in [0.15, 0.2) is 24.3 Å². The zero-order chi connectivity index (χ0) is 13.4. The maximum atomic E-state index is 12.7. The summed E-state index contributed by atoms with van der Waals surface area (Å²) in [6, 6.07) is 5.61. The molecule has 0 radical (unpaired) electrons. The molecule has 1 rings (SSSR count). The molecule has 3 N–H and O–H groups in total. The molecule has 2 unspecified atom stereocenters. The lowest BCUT2D eigenvalue weighted by atomic mass is 10.1. The first-order valence-corrected chi connectivity index (χ1v) is 5.94. The summed E-state index contributed by atoms with van der Waals surface area (Å²) in [6.07, 6.45) is -0.0504. The van der Waals surface area contributed by atoms with Crippen molar-refractivity contribution in [1.29, 1.82) is 0 Å². The maximum Gasteiger partial charge on any atom is 0.123 e. The summed E-state index contributed by atoms with van der Waals surface area (Å²) in [6.45, 7) is 0.838. The third kappa shape index (κ3) is 5.10. The SMILES string of the molecule is COCCC(CO)NCC(O)c1ccc(F)cc1. The molecule has 0 saturated heterocycles. The molecule has 0 spiro atoms. The van der Waals surface area contributed by atoms with E-state index in [9.17, 15) is 9.50 Å². The van der Waals surface area contributed by atoms with Crippen molar-refractivity contribution in [3.05, 3.63) is 35.6 Å². The molecule has 5 heteroatoms. The van der Waals surface area contributed by atoms with Gasteiger partial charge in [-0.05, 0) is 24.1 Å². The monoisotopic (exact) mass is 257 g/mol. The first-order chi connectivity index (χ1) is 8.67. The van der Waals surface area contributed by atoms with Crippen LogP contribution >= 0.6 is 0 Å². The van der Waals surface area contributed by atoms with Crippen LogP contribution in [0.1, 0.15) is 18.1 Å². The van der Waals surface area contributed by atoms with Crippen molar-refractivity contribution in [2.24, 2.45) is 0 Å². The molecule has 2 atom stereocenters. The molecule has 0 aromatic heterocycles. The van der Waals surface area contributed by atoms with E-state index in [0.29, 0.717) is 25.1 Å². The summed E-state index contributed by atoms with van der Waals surface area (Å²) in [5.74, 6) is -0.327. The highest BCUT2D eigenvalue weighted by atomic mass is 19.1. The second-order valence-corrected chi connectivity index (χ2v) is 4.14. The van der Waals surface area contributed by atoms with Crippen LogP contribution in [-0.2, 0) is 4.74 Å². The quantitative estimate of drug-likeness (QED) is 0.646. The number of ether oxygens (including phenoxy) is 1. The fourth-order valence-corrected chi connectivity index (χ4v) is 1.60. The molecule has 0 bridgehead atoms. The molecule has 1 aromatic carbocycles. The summed E-state index contributed by atoms with van der Waals surface area (Å²) in [4.78, 5) is 0. The largest absolute Gasteiger partial charge is 0.395 e. The van der Waals surface area contributed by atoms with Crippen LogP contribution in [0, 0.1) is 5.82 Å². The summed E-state index contributed by atoms with van der Waals surface area (Å²) < 4.78 is 17.6. The first-order valence-electron chi connectivity index (χ1n) is 5.94. The van der Waals surface area contributed by atoms with Crippen LogP contribution in [0.2, 0.25) is 0 Å². The average molecular weight is 257 g/mol. The van der Waals surface area contributed by atoms with E-state index in [1.54, 1.807) is 19.2 Å². The lowest BCUT2D eigenvalue weighted by Gasteiger charge is -2.18. The Labute approximate surface area is 106 Å². The minimum Gasteiger partial charge on any atom is -0.395 e. The van der Waals surface area contributed by atoms with Crippen LogP contribution in [0.5, 0.6) is 0 Å². The molecule has 0 saturated carbocycles. The van der Waals surface area contributed by atoms with E-state index in [0.717, 1.165) is 0 Å². The van der Waals surface area contributed by atoms with Gasteiger partial charge in [0.2, 0.25) is 0 Å². The van der Waals surface area contributed by atoms with E-state index in [1.165, 1.54) is 12.1 Å². The van der Waals surface area contributed by atoms with Crippen molar-refractivity contribution >= 4 is 0 Å². The van der Waals surface area contributed by atoms with Crippen LogP contribution in [0.4, 0.5) is 4.39 Å². The molecular weight excluding hydrogens is 237 g/mol. The second-order valence-electron chi connectivity index (χ2n) is 4.14. The number of rotatable bonds is 8. The molecule has 1 aromatic rings. The van der Waals surface area contributed by atoms with Gasteiger partial charge in [0, 0.05) is 26.3 Å². The normalized spacial score (nSPS) is 14.4. The van der Waals surface area contributed by atoms with Crippen molar-refractivity contribution in [1.82, 2.24) is 5.32 Å². The van der Waals surface area contributed by atoms with Gasteiger partial charge in [-0.3, -0.25) is 0 Å². The van der Waals surface area contributed by atoms with Gasteiger partial charge in [0.1, 0.15) is 5.82 Å². The number of hydrogen-bond acceptors (Lipinski definition) is 4. The summed E-state index contributed by atoms with van der Waals surface area (Å²) in [7, 11) is 1.60. The fraction of sp³-hybridized carbons (Fsp3) is 0.538. The van der Waals surface area contributed by atoms with Gasteiger partial charge in [-0.25, -0.2) is 4.39 Å². The maximum absolute atomic E-state index is 12.7. The topological polar surface area (TPSA) is 61.7 Å². The fourth-order valence-electron chi connectivity index (χ4n) is 1.60. The Bertz CT molecular complexity index is 332. The van der Waals surface area contributed by atoms with Gasteiger partial charge in [-0.15, -0.1) is 0 Å². The molecule has 18 heavy (non-hydrogen) atoms. The third-order valence-electron chi connectivity index (χ3n) is 2.75. The van der Waals surface area contributed by atoms with Crippen molar-refractivity contribution < 1.29 is 19.3 Å². The Balaban J connectivity index is 2.39. The van der Waals surface area contributed by atoms with Gasteiger partial charge >= 0.3 is 0 Å². The average Bonchev–Trinajstić information content (AvgIpc) is 2.39. The second kappa shape index (κ2) is 8.16. The number of methoxy groups -OCH3 is 1. The molecule has 0 amide bonds. The molecule has 0 heterocycles. The van der Waals surface area contributed by atoms with Gasteiger partial charge in [-0.2, -0.15) is 0 Å². The van der Waals surface area contributed by atoms with Crippen molar-refractivity contribution in [3.8, 4) is 0 Å². The Kier molecular flexibility index (Phi) is 6.82. The summed E-state index contributed by atoms with van der Waals surface area (Å²) in [5, 5.41) is 22.0. The number of hydrogen-bond donors (Lipinski definition) is 3. The van der Waals surface area contributed by atoms with Gasteiger partial charge in [-0.1, -0.05) is 12.1 Å². The molecule has 0 fully saturated rings. The summed E-state index contributed by atoms with van der Waals surface area (Å²) >= 11 is 0. The lowest BCUT2D eigenvalue weighted by molar-refractivity contribution is 0.136. The number of benzene rings is 1. The molecular formula is C13H20FNO3. The lowest BCUT2D eigenvalue weighted by Crippen LogP contribution is -2.36. The molecule has 0 aliphatic rings. The third-order valence-corrected chi connectivity index (χ3v) is 2.75. The van der Waals surface area contributed by atoms with Crippen molar-refractivity contribution in [3.63, 3.8) is 0 Å².